The number of amides is 1. The van der Waals surface area contributed by atoms with Gasteiger partial charge in [-0.25, -0.2) is 0 Å². The Morgan fingerprint density at radius 1 is 1.32 bits per heavy atom. The number of aromatic hydroxyl groups is 1. The molecule has 2 rings (SSSR count). The van der Waals surface area contributed by atoms with E-state index < -0.39 is 0 Å². The summed E-state index contributed by atoms with van der Waals surface area (Å²) in [5, 5.41) is 12.1. The molecule has 0 aliphatic heterocycles. The lowest BCUT2D eigenvalue weighted by molar-refractivity contribution is 0.0924. The molecule has 2 aromatic rings. The molecule has 0 atom stereocenters. The Labute approximate surface area is 119 Å². The maximum Gasteiger partial charge on any atom is 0.287 e. The molecule has 2 N–H and O–H groups in total. The average molecular weight is 324 g/mol. The zero-order valence-electron chi connectivity index (χ0n) is 10.2. The number of phenolic OH excluding ortho intramolecular Hbond substituents is 1. The first-order valence-corrected chi connectivity index (χ1v) is 6.76. The van der Waals surface area contributed by atoms with Gasteiger partial charge in [-0.1, -0.05) is 12.1 Å². The molecular formula is C14H14BrNO3. The highest BCUT2D eigenvalue weighted by Gasteiger charge is 2.09. The van der Waals surface area contributed by atoms with Gasteiger partial charge in [-0.3, -0.25) is 4.79 Å². The molecule has 1 aromatic carbocycles. The molecule has 0 radical (unpaired) electrons. The van der Waals surface area contributed by atoms with Crippen molar-refractivity contribution in [3.8, 4) is 5.75 Å². The summed E-state index contributed by atoms with van der Waals surface area (Å²) >= 11 is 3.15. The van der Waals surface area contributed by atoms with Crippen LogP contribution in [0.4, 0.5) is 0 Å². The first kappa shape index (κ1) is 13.7. The molecule has 0 unspecified atom stereocenters. The molecule has 0 bridgehead atoms. The normalized spacial score (nSPS) is 10.4. The second kappa shape index (κ2) is 6.43. The number of halogens is 1. The van der Waals surface area contributed by atoms with Crippen LogP contribution in [0.1, 0.15) is 22.5 Å². The van der Waals surface area contributed by atoms with E-state index in [1.807, 2.05) is 12.1 Å². The van der Waals surface area contributed by atoms with Crippen molar-refractivity contribution in [2.75, 3.05) is 6.54 Å². The molecule has 0 saturated heterocycles. The standard InChI is InChI=1S/C14H14BrNO3/c15-13-7-6-12(19-13)14(18)16-8-2-4-10-3-1-5-11(17)9-10/h1,3,5-7,9,17H,2,4,8H2,(H,16,18). The van der Waals surface area contributed by atoms with Gasteiger partial charge in [-0.05, 0) is 58.6 Å². The van der Waals surface area contributed by atoms with Gasteiger partial charge in [0.25, 0.3) is 5.91 Å². The van der Waals surface area contributed by atoms with Gasteiger partial charge in [0, 0.05) is 6.54 Å². The first-order chi connectivity index (χ1) is 9.15. The smallest absolute Gasteiger partial charge is 0.287 e. The minimum absolute atomic E-state index is 0.221. The molecule has 1 amide bonds. The zero-order valence-corrected chi connectivity index (χ0v) is 11.8. The third-order valence-electron chi connectivity index (χ3n) is 2.64. The number of carbonyl (C=O) groups excluding carboxylic acids is 1. The van der Waals surface area contributed by atoms with Crippen LogP contribution in [0.3, 0.4) is 0 Å². The number of hydrogen-bond donors (Lipinski definition) is 2. The molecule has 0 aliphatic carbocycles. The molecule has 1 heterocycles. The summed E-state index contributed by atoms with van der Waals surface area (Å²) in [6.45, 7) is 0.562. The fraction of sp³-hybridized carbons (Fsp3) is 0.214. The molecular weight excluding hydrogens is 310 g/mol. The topological polar surface area (TPSA) is 62.5 Å². The summed E-state index contributed by atoms with van der Waals surface area (Å²) in [4.78, 5) is 11.7. The minimum atomic E-state index is -0.221. The molecule has 5 heteroatoms. The lowest BCUT2D eigenvalue weighted by atomic mass is 10.1. The SMILES string of the molecule is O=C(NCCCc1cccc(O)c1)c1ccc(Br)o1. The highest BCUT2D eigenvalue weighted by Crippen LogP contribution is 2.14. The van der Waals surface area contributed by atoms with Crippen LogP contribution in [-0.4, -0.2) is 17.6 Å². The number of hydrogen-bond acceptors (Lipinski definition) is 3. The lowest BCUT2D eigenvalue weighted by Gasteiger charge is -2.04. The van der Waals surface area contributed by atoms with Crippen LogP contribution in [0.5, 0.6) is 5.75 Å². The third-order valence-corrected chi connectivity index (χ3v) is 3.06. The van der Waals surface area contributed by atoms with E-state index in [0.29, 0.717) is 17.0 Å². The van der Waals surface area contributed by atoms with Crippen LogP contribution in [0.25, 0.3) is 0 Å². The number of benzene rings is 1. The van der Waals surface area contributed by atoms with E-state index >= 15 is 0 Å². The van der Waals surface area contributed by atoms with Crippen LogP contribution in [0, 0.1) is 0 Å². The molecule has 19 heavy (non-hydrogen) atoms. The summed E-state index contributed by atoms with van der Waals surface area (Å²) in [6, 6.07) is 10.4. The molecule has 4 nitrogen and oxygen atoms in total. The number of furan rings is 1. The third kappa shape index (κ3) is 4.13. The first-order valence-electron chi connectivity index (χ1n) is 5.96. The van der Waals surface area contributed by atoms with Crippen molar-refractivity contribution in [1.82, 2.24) is 5.32 Å². The Morgan fingerprint density at radius 3 is 2.84 bits per heavy atom. The van der Waals surface area contributed by atoms with Crippen molar-refractivity contribution in [3.63, 3.8) is 0 Å². The predicted molar refractivity (Wildman–Crippen MR) is 75.2 cm³/mol. The summed E-state index contributed by atoms with van der Waals surface area (Å²) < 4.78 is 5.69. The van der Waals surface area contributed by atoms with Gasteiger partial charge in [0.15, 0.2) is 10.4 Å². The number of rotatable bonds is 5. The molecule has 0 fully saturated rings. The molecule has 100 valence electrons. The number of nitrogens with one attached hydrogen (secondary N) is 1. The monoisotopic (exact) mass is 323 g/mol. The highest BCUT2D eigenvalue weighted by atomic mass is 79.9. The fourth-order valence-corrected chi connectivity index (χ4v) is 2.04. The number of phenols is 1. The Kier molecular flexibility index (Phi) is 4.63. The minimum Gasteiger partial charge on any atom is -0.508 e. The van der Waals surface area contributed by atoms with Crippen LogP contribution in [-0.2, 0) is 6.42 Å². The van der Waals surface area contributed by atoms with Crippen molar-refractivity contribution in [2.45, 2.75) is 12.8 Å². The van der Waals surface area contributed by atoms with E-state index in [4.69, 9.17) is 4.42 Å². The molecule has 0 saturated carbocycles. The van der Waals surface area contributed by atoms with Crippen molar-refractivity contribution in [1.29, 1.82) is 0 Å². The van der Waals surface area contributed by atoms with E-state index in [-0.39, 0.29) is 11.7 Å². The summed E-state index contributed by atoms with van der Waals surface area (Å²) in [5.74, 6) is 0.341. The maximum atomic E-state index is 11.7. The predicted octanol–water partition coefficient (Wildman–Crippen LogP) is 3.11. The van der Waals surface area contributed by atoms with Gasteiger partial charge in [0.1, 0.15) is 5.75 Å². The summed E-state index contributed by atoms with van der Waals surface area (Å²) in [5.41, 5.74) is 1.05. The van der Waals surface area contributed by atoms with Crippen molar-refractivity contribution in [2.24, 2.45) is 0 Å². The Bertz CT molecular complexity index is 565. The van der Waals surface area contributed by atoms with E-state index in [2.05, 4.69) is 21.2 Å². The van der Waals surface area contributed by atoms with Gasteiger partial charge < -0.3 is 14.8 Å². The van der Waals surface area contributed by atoms with Crippen LogP contribution < -0.4 is 5.32 Å². The van der Waals surface area contributed by atoms with Gasteiger partial charge in [-0.2, -0.15) is 0 Å². The van der Waals surface area contributed by atoms with Gasteiger partial charge in [-0.15, -0.1) is 0 Å². The van der Waals surface area contributed by atoms with Gasteiger partial charge >= 0.3 is 0 Å². The molecule has 1 aromatic heterocycles. The van der Waals surface area contributed by atoms with Crippen LogP contribution in [0.2, 0.25) is 0 Å². The second-order valence-corrected chi connectivity index (χ2v) is 4.91. The quantitative estimate of drug-likeness (QED) is 0.831. The Balaban J connectivity index is 1.74. The van der Waals surface area contributed by atoms with Gasteiger partial charge in [0.2, 0.25) is 0 Å². The molecule has 0 spiro atoms. The zero-order chi connectivity index (χ0) is 13.7. The van der Waals surface area contributed by atoms with Crippen molar-refractivity contribution in [3.05, 3.63) is 52.4 Å². The van der Waals surface area contributed by atoms with E-state index in [9.17, 15) is 9.90 Å². The summed E-state index contributed by atoms with van der Waals surface area (Å²) in [7, 11) is 0. The Hall–Kier alpha value is -1.75. The molecule has 0 aliphatic rings. The maximum absolute atomic E-state index is 11.7. The largest absolute Gasteiger partial charge is 0.508 e. The lowest BCUT2D eigenvalue weighted by Crippen LogP contribution is -2.24. The van der Waals surface area contributed by atoms with Gasteiger partial charge in [0.05, 0.1) is 0 Å². The highest BCUT2D eigenvalue weighted by molar-refractivity contribution is 9.10. The van der Waals surface area contributed by atoms with Crippen LogP contribution >= 0.6 is 15.9 Å². The number of carbonyl (C=O) groups is 1. The van der Waals surface area contributed by atoms with E-state index in [1.54, 1.807) is 24.3 Å². The second-order valence-electron chi connectivity index (χ2n) is 4.13. The van der Waals surface area contributed by atoms with E-state index in [0.717, 1.165) is 18.4 Å². The average Bonchev–Trinajstić information content (AvgIpc) is 2.81. The fourth-order valence-electron chi connectivity index (χ4n) is 1.73. The summed E-state index contributed by atoms with van der Waals surface area (Å²) in [6.07, 6.45) is 1.60. The van der Waals surface area contributed by atoms with Crippen LogP contribution in [0.15, 0.2) is 45.5 Å². The van der Waals surface area contributed by atoms with Crippen molar-refractivity contribution < 1.29 is 14.3 Å². The van der Waals surface area contributed by atoms with Crippen molar-refractivity contribution >= 4 is 21.8 Å². The number of aryl methyl sites for hydroxylation is 1. The van der Waals surface area contributed by atoms with E-state index in [1.165, 1.54) is 0 Å². The Morgan fingerprint density at radius 2 is 2.16 bits per heavy atom.